The molecule has 3 N–H and O–H groups in total. The molecule has 0 bridgehead atoms. The number of rotatable bonds is 8. The molecule has 2 heterocycles. The fourth-order valence-electron chi connectivity index (χ4n) is 4.30. The number of hydrogen-bond donors (Lipinski definition) is 2. The molecule has 1 aromatic heterocycles. The van der Waals surface area contributed by atoms with E-state index in [1.165, 1.54) is 4.57 Å². The van der Waals surface area contributed by atoms with Crippen LogP contribution < -0.4 is 22.3 Å². The number of Topliss-reactive ketones (excluding diaryl/α,β-unsaturated/α-hetero) is 1. The molecule has 0 aliphatic carbocycles. The van der Waals surface area contributed by atoms with Gasteiger partial charge in [0, 0.05) is 12.6 Å². The maximum Gasteiger partial charge on any atom is 0.332 e. The zero-order valence-electron chi connectivity index (χ0n) is 19.5. The molecule has 1 aliphatic heterocycles. The number of carbonyl (C=O) groups is 2. The Hall–Kier alpha value is -3.20. The minimum Gasteiger partial charge on any atom is -0.384 e. The topological polar surface area (TPSA) is 119 Å². The number of piperidine rings is 1. The fourth-order valence-corrected chi connectivity index (χ4v) is 4.30. The molecule has 0 spiro atoms. The van der Waals surface area contributed by atoms with Gasteiger partial charge in [0.1, 0.15) is 11.4 Å². The average Bonchev–Trinajstić information content (AvgIpc) is 2.77. The van der Waals surface area contributed by atoms with Crippen LogP contribution in [0.25, 0.3) is 0 Å². The highest BCUT2D eigenvalue weighted by atomic mass is 16.2. The van der Waals surface area contributed by atoms with Crippen LogP contribution in [0.4, 0.5) is 5.82 Å². The van der Waals surface area contributed by atoms with Crippen molar-refractivity contribution in [1.29, 1.82) is 0 Å². The van der Waals surface area contributed by atoms with Crippen LogP contribution >= 0.6 is 0 Å². The number of nitrogens with one attached hydrogen (secondary N) is 1. The van der Waals surface area contributed by atoms with Gasteiger partial charge in [0.15, 0.2) is 5.78 Å². The quantitative estimate of drug-likeness (QED) is 0.578. The second-order valence-corrected chi connectivity index (χ2v) is 8.73. The van der Waals surface area contributed by atoms with E-state index in [0.29, 0.717) is 13.0 Å². The Morgan fingerprint density at radius 3 is 2.45 bits per heavy atom. The smallest absolute Gasteiger partial charge is 0.332 e. The van der Waals surface area contributed by atoms with E-state index in [2.05, 4.69) is 5.32 Å². The molecule has 178 valence electrons. The van der Waals surface area contributed by atoms with Gasteiger partial charge in [-0.25, -0.2) is 4.79 Å². The maximum atomic E-state index is 13.3. The highest BCUT2D eigenvalue weighted by Crippen LogP contribution is 2.19. The molecule has 2 aromatic rings. The number of hydrogen-bond acceptors (Lipinski definition) is 6. The lowest BCUT2D eigenvalue weighted by Gasteiger charge is -2.34. The third-order valence-corrected chi connectivity index (χ3v) is 5.94. The van der Waals surface area contributed by atoms with Crippen LogP contribution in [-0.2, 0) is 17.9 Å². The Morgan fingerprint density at radius 1 is 1.12 bits per heavy atom. The third kappa shape index (κ3) is 5.42. The summed E-state index contributed by atoms with van der Waals surface area (Å²) in [5.74, 6) is -0.736. The molecule has 9 nitrogen and oxygen atoms in total. The normalized spacial score (nSPS) is 16.7. The van der Waals surface area contributed by atoms with Gasteiger partial charge in [-0.3, -0.25) is 28.4 Å². The van der Waals surface area contributed by atoms with Gasteiger partial charge >= 0.3 is 5.69 Å². The number of nitrogens with two attached hydrogens (primary N) is 1. The summed E-state index contributed by atoms with van der Waals surface area (Å²) < 4.78 is 2.30. The zero-order chi connectivity index (χ0) is 24.1. The number of amides is 1. The minimum absolute atomic E-state index is 0.00840. The molecule has 0 radical (unpaired) electrons. The molecule has 1 saturated heterocycles. The van der Waals surface area contributed by atoms with E-state index in [1.54, 1.807) is 6.92 Å². The Morgan fingerprint density at radius 2 is 1.82 bits per heavy atom. The van der Waals surface area contributed by atoms with Gasteiger partial charge in [-0.05, 0) is 45.7 Å². The fraction of sp³-hybridized carbons (Fsp3) is 0.500. The summed E-state index contributed by atoms with van der Waals surface area (Å²) in [4.78, 5) is 53.8. The standard InChI is InChI=1S/C24H33N5O4/c1-4-28-23(32)20(21(25)29(24(28)33)14-17-10-6-5-7-11-17)19(30)15-27-13-9-8-12-18(27)22(31)26-16(2)3/h5-7,10-11,16,18H,4,8-9,12-15,25H2,1-3H3,(H,26,31). The Labute approximate surface area is 193 Å². The number of benzene rings is 1. The van der Waals surface area contributed by atoms with Crippen LogP contribution in [0, 0.1) is 0 Å². The number of aromatic nitrogens is 2. The molecule has 0 saturated carbocycles. The molecule has 1 atom stereocenters. The first kappa shape index (κ1) is 24.4. The summed E-state index contributed by atoms with van der Waals surface area (Å²) in [6.45, 7) is 6.19. The van der Waals surface area contributed by atoms with Gasteiger partial charge in [-0.15, -0.1) is 0 Å². The second kappa shape index (κ2) is 10.6. The van der Waals surface area contributed by atoms with Gasteiger partial charge in [0.2, 0.25) is 5.91 Å². The van der Waals surface area contributed by atoms with Gasteiger partial charge in [0.05, 0.1) is 19.1 Å². The van der Waals surface area contributed by atoms with Gasteiger partial charge in [-0.1, -0.05) is 36.8 Å². The van der Waals surface area contributed by atoms with E-state index in [1.807, 2.05) is 49.1 Å². The lowest BCUT2D eigenvalue weighted by Crippen LogP contribution is -2.53. The number of nitrogens with zero attached hydrogens (tertiary/aromatic N) is 3. The molecular formula is C24H33N5O4. The van der Waals surface area contributed by atoms with Crippen molar-refractivity contribution in [3.8, 4) is 0 Å². The molecule has 1 aliphatic rings. The summed E-state index contributed by atoms with van der Waals surface area (Å²) in [6, 6.07) is 8.80. The molecular weight excluding hydrogens is 422 g/mol. The number of nitrogen functional groups attached to an aromatic ring is 1. The van der Waals surface area contributed by atoms with Crippen LogP contribution in [0.15, 0.2) is 39.9 Å². The Kier molecular flexibility index (Phi) is 7.86. The van der Waals surface area contributed by atoms with E-state index in [-0.39, 0.29) is 43.0 Å². The summed E-state index contributed by atoms with van der Waals surface area (Å²) in [7, 11) is 0. The first-order valence-electron chi connectivity index (χ1n) is 11.5. The van der Waals surface area contributed by atoms with Crippen molar-refractivity contribution in [1.82, 2.24) is 19.4 Å². The van der Waals surface area contributed by atoms with E-state index in [4.69, 9.17) is 5.73 Å². The first-order valence-corrected chi connectivity index (χ1v) is 11.5. The van der Waals surface area contributed by atoms with Crippen molar-refractivity contribution >= 4 is 17.5 Å². The Balaban J connectivity index is 1.96. The van der Waals surface area contributed by atoms with Crippen molar-refractivity contribution in [3.63, 3.8) is 0 Å². The van der Waals surface area contributed by atoms with Crippen molar-refractivity contribution in [2.75, 3.05) is 18.8 Å². The molecule has 9 heteroatoms. The van der Waals surface area contributed by atoms with E-state index in [9.17, 15) is 19.2 Å². The number of ketones is 1. The third-order valence-electron chi connectivity index (χ3n) is 5.94. The van der Waals surface area contributed by atoms with E-state index < -0.39 is 23.1 Å². The molecule has 1 unspecified atom stereocenters. The number of likely N-dealkylation sites (tertiary alicyclic amines) is 1. The van der Waals surface area contributed by atoms with Gasteiger partial charge in [0.25, 0.3) is 5.56 Å². The molecule has 1 amide bonds. The zero-order valence-corrected chi connectivity index (χ0v) is 19.5. The molecule has 3 rings (SSSR count). The monoisotopic (exact) mass is 455 g/mol. The van der Waals surface area contributed by atoms with Crippen molar-refractivity contribution in [2.24, 2.45) is 0 Å². The number of anilines is 1. The predicted molar refractivity (Wildman–Crippen MR) is 127 cm³/mol. The van der Waals surface area contributed by atoms with Crippen LogP contribution in [0.2, 0.25) is 0 Å². The van der Waals surface area contributed by atoms with Crippen LogP contribution in [0.3, 0.4) is 0 Å². The molecule has 33 heavy (non-hydrogen) atoms. The predicted octanol–water partition coefficient (Wildman–Crippen LogP) is 1.22. The lowest BCUT2D eigenvalue weighted by atomic mass is 10.00. The summed E-state index contributed by atoms with van der Waals surface area (Å²) in [6.07, 6.45) is 2.41. The largest absolute Gasteiger partial charge is 0.384 e. The van der Waals surface area contributed by atoms with Crippen LogP contribution in [0.1, 0.15) is 56.0 Å². The number of carbonyl (C=O) groups excluding carboxylic acids is 2. The van der Waals surface area contributed by atoms with Crippen LogP contribution in [-0.4, -0.2) is 50.9 Å². The summed E-state index contributed by atoms with van der Waals surface area (Å²) in [5.41, 5.74) is 5.65. The second-order valence-electron chi connectivity index (χ2n) is 8.73. The van der Waals surface area contributed by atoms with E-state index >= 15 is 0 Å². The van der Waals surface area contributed by atoms with Crippen LogP contribution in [0.5, 0.6) is 0 Å². The first-order chi connectivity index (χ1) is 15.7. The average molecular weight is 456 g/mol. The Bertz CT molecular complexity index is 1120. The lowest BCUT2D eigenvalue weighted by molar-refractivity contribution is -0.127. The highest BCUT2D eigenvalue weighted by molar-refractivity contribution is 6.01. The molecule has 1 fully saturated rings. The summed E-state index contributed by atoms with van der Waals surface area (Å²) >= 11 is 0. The minimum atomic E-state index is -0.686. The van der Waals surface area contributed by atoms with Gasteiger partial charge in [-0.2, -0.15) is 0 Å². The van der Waals surface area contributed by atoms with Gasteiger partial charge < -0.3 is 11.1 Å². The van der Waals surface area contributed by atoms with Crippen molar-refractivity contribution in [2.45, 2.75) is 65.2 Å². The van der Waals surface area contributed by atoms with Crippen molar-refractivity contribution < 1.29 is 9.59 Å². The highest BCUT2D eigenvalue weighted by Gasteiger charge is 2.32. The SMILES string of the molecule is CCn1c(=O)c(C(=O)CN2CCCCC2C(=O)NC(C)C)c(N)n(Cc2ccccc2)c1=O. The summed E-state index contributed by atoms with van der Waals surface area (Å²) in [5, 5.41) is 2.91. The van der Waals surface area contributed by atoms with E-state index in [0.717, 1.165) is 23.0 Å². The van der Waals surface area contributed by atoms with Crippen molar-refractivity contribution in [3.05, 3.63) is 62.3 Å². The maximum absolute atomic E-state index is 13.3. The molecule has 1 aromatic carbocycles.